The van der Waals surface area contributed by atoms with Crippen LogP contribution < -0.4 is 10.4 Å². The zero-order chi connectivity index (χ0) is 16.3. The lowest BCUT2D eigenvalue weighted by atomic mass is 10.1. The maximum Gasteiger partial charge on any atom is 0.269 e. The molecule has 0 spiro atoms. The van der Waals surface area contributed by atoms with Crippen LogP contribution >= 0.6 is 0 Å². The van der Waals surface area contributed by atoms with Gasteiger partial charge in [0.05, 0.1) is 16.6 Å². The normalized spacial score (nSPS) is 10.0. The molecule has 0 aliphatic carbocycles. The number of rotatable bonds is 4. The number of nitrogens with one attached hydrogen (secondary N) is 1. The minimum atomic E-state index is -1.40. The highest BCUT2D eigenvalue weighted by molar-refractivity contribution is 6.07. The Bertz CT molecular complexity index is 753. The summed E-state index contributed by atoms with van der Waals surface area (Å²) < 4.78 is 0. The zero-order valence-corrected chi connectivity index (χ0v) is 11.5. The predicted octanol–water partition coefficient (Wildman–Crippen LogP) is 1.52. The second kappa shape index (κ2) is 6.04. The number of hydrogen-bond donors (Lipinski definition) is 1. The molecule has 7 heteroatoms. The molecule has 2 aromatic rings. The molecule has 0 radical (unpaired) electrons. The van der Waals surface area contributed by atoms with Crippen LogP contribution in [0, 0.1) is 17.0 Å². The van der Waals surface area contributed by atoms with E-state index in [4.69, 9.17) is 0 Å². The van der Waals surface area contributed by atoms with Gasteiger partial charge < -0.3 is 15.2 Å². The molecular weight excluding hydrogens is 288 g/mol. The van der Waals surface area contributed by atoms with Crippen molar-refractivity contribution in [3.63, 3.8) is 0 Å². The predicted molar refractivity (Wildman–Crippen MR) is 76.6 cm³/mol. The Morgan fingerprint density at radius 3 is 2.27 bits per heavy atom. The van der Waals surface area contributed by atoms with Gasteiger partial charge in [-0.3, -0.25) is 14.9 Å². The molecule has 2 rings (SSSR count). The Hall–Kier alpha value is -3.22. The first-order valence-electron chi connectivity index (χ1n) is 6.26. The number of carboxylic acid groups (broad SMARTS) is 1. The third kappa shape index (κ3) is 3.26. The minimum absolute atomic E-state index is 0.106. The Morgan fingerprint density at radius 1 is 1.09 bits per heavy atom. The molecule has 1 N–H and O–H groups in total. The summed E-state index contributed by atoms with van der Waals surface area (Å²) in [4.78, 5) is 33.1. The number of aromatic carboxylic acids is 1. The van der Waals surface area contributed by atoms with Gasteiger partial charge in [-0.2, -0.15) is 0 Å². The monoisotopic (exact) mass is 299 g/mol. The zero-order valence-electron chi connectivity index (χ0n) is 11.5. The van der Waals surface area contributed by atoms with Crippen LogP contribution in [-0.4, -0.2) is 16.8 Å². The molecule has 112 valence electrons. The van der Waals surface area contributed by atoms with E-state index in [1.165, 1.54) is 36.4 Å². The number of benzene rings is 2. The fourth-order valence-electron chi connectivity index (χ4n) is 1.86. The van der Waals surface area contributed by atoms with Crippen molar-refractivity contribution in [2.24, 2.45) is 0 Å². The minimum Gasteiger partial charge on any atom is -0.545 e. The molecule has 0 unspecified atom stereocenters. The molecule has 0 bridgehead atoms. The van der Waals surface area contributed by atoms with Gasteiger partial charge in [-0.15, -0.1) is 0 Å². The van der Waals surface area contributed by atoms with E-state index in [-0.39, 0.29) is 22.5 Å². The van der Waals surface area contributed by atoms with E-state index in [2.05, 4.69) is 5.32 Å². The summed E-state index contributed by atoms with van der Waals surface area (Å²) in [6.07, 6.45) is 0. The van der Waals surface area contributed by atoms with Crippen molar-refractivity contribution in [2.45, 2.75) is 6.92 Å². The quantitative estimate of drug-likeness (QED) is 0.679. The first-order chi connectivity index (χ1) is 10.4. The molecule has 0 heterocycles. The number of hydrogen-bond acceptors (Lipinski definition) is 5. The Labute approximate surface area is 125 Å². The highest BCUT2D eigenvalue weighted by atomic mass is 16.6. The van der Waals surface area contributed by atoms with Crippen molar-refractivity contribution in [1.29, 1.82) is 0 Å². The summed E-state index contributed by atoms with van der Waals surface area (Å²) >= 11 is 0. The second-order valence-corrected chi connectivity index (χ2v) is 4.59. The van der Waals surface area contributed by atoms with Crippen molar-refractivity contribution < 1.29 is 19.6 Å². The molecule has 0 aromatic heterocycles. The third-order valence-corrected chi connectivity index (χ3v) is 2.98. The molecule has 0 atom stereocenters. The van der Waals surface area contributed by atoms with Gasteiger partial charge in [0.15, 0.2) is 0 Å². The van der Waals surface area contributed by atoms with Crippen LogP contribution in [0.2, 0.25) is 0 Å². The van der Waals surface area contributed by atoms with Gasteiger partial charge in [-0.1, -0.05) is 11.6 Å². The van der Waals surface area contributed by atoms with Crippen LogP contribution in [0.4, 0.5) is 11.4 Å². The molecule has 1 amide bonds. The number of anilines is 1. The van der Waals surface area contributed by atoms with Crippen molar-refractivity contribution in [2.75, 3.05) is 5.32 Å². The van der Waals surface area contributed by atoms with E-state index >= 15 is 0 Å². The molecule has 7 nitrogen and oxygen atoms in total. The largest absolute Gasteiger partial charge is 0.545 e. The van der Waals surface area contributed by atoms with Gasteiger partial charge in [0, 0.05) is 23.3 Å². The van der Waals surface area contributed by atoms with E-state index in [0.717, 1.165) is 0 Å². The van der Waals surface area contributed by atoms with Gasteiger partial charge in [0.1, 0.15) is 0 Å². The number of aryl methyl sites for hydroxylation is 1. The molecule has 22 heavy (non-hydrogen) atoms. The molecule has 0 aliphatic rings. The second-order valence-electron chi connectivity index (χ2n) is 4.59. The fourth-order valence-corrected chi connectivity index (χ4v) is 1.86. The number of carbonyl (C=O) groups is 2. The van der Waals surface area contributed by atoms with Crippen LogP contribution in [0.3, 0.4) is 0 Å². The number of carboxylic acids is 1. The van der Waals surface area contributed by atoms with E-state index in [1.807, 2.05) is 0 Å². The van der Waals surface area contributed by atoms with Crippen LogP contribution in [-0.2, 0) is 0 Å². The van der Waals surface area contributed by atoms with Crippen molar-refractivity contribution in [3.8, 4) is 0 Å². The average molecular weight is 299 g/mol. The summed E-state index contributed by atoms with van der Waals surface area (Å²) in [6, 6.07) is 9.48. The maximum atomic E-state index is 12.1. The number of non-ortho nitro benzene ring substituents is 1. The van der Waals surface area contributed by atoms with E-state index in [0.29, 0.717) is 5.56 Å². The van der Waals surface area contributed by atoms with Gasteiger partial charge in [-0.05, 0) is 31.2 Å². The summed E-state index contributed by atoms with van der Waals surface area (Å²) in [6.45, 7) is 1.72. The number of nitro groups is 1. The molecular formula is C15H11N2O5-. The first kappa shape index (κ1) is 15.2. The third-order valence-electron chi connectivity index (χ3n) is 2.98. The number of nitro benzene ring substituents is 1. The Kier molecular flexibility index (Phi) is 4.17. The number of nitrogens with zero attached hydrogens (tertiary/aromatic N) is 1. The van der Waals surface area contributed by atoms with Gasteiger partial charge in [0.2, 0.25) is 0 Å². The summed E-state index contributed by atoms with van der Waals surface area (Å²) in [5.74, 6) is -1.97. The molecule has 0 fully saturated rings. The van der Waals surface area contributed by atoms with E-state index < -0.39 is 16.8 Å². The van der Waals surface area contributed by atoms with Gasteiger partial charge in [-0.25, -0.2) is 0 Å². The highest BCUT2D eigenvalue weighted by Crippen LogP contribution is 2.19. The molecule has 0 saturated carbocycles. The number of amides is 1. The average Bonchev–Trinajstić information content (AvgIpc) is 2.48. The molecule has 2 aromatic carbocycles. The first-order valence-corrected chi connectivity index (χ1v) is 6.26. The summed E-state index contributed by atoms with van der Waals surface area (Å²) in [7, 11) is 0. The van der Waals surface area contributed by atoms with Crippen molar-refractivity contribution in [3.05, 3.63) is 69.3 Å². The maximum absolute atomic E-state index is 12.1. The lowest BCUT2D eigenvalue weighted by Crippen LogP contribution is -2.25. The summed E-state index contributed by atoms with van der Waals surface area (Å²) in [5, 5.41) is 24.1. The SMILES string of the molecule is Cc1ccc(NC(=O)c2ccc([N+](=O)[O-])cc2)c(C(=O)[O-])c1. The number of carbonyl (C=O) groups excluding carboxylic acids is 2. The smallest absolute Gasteiger partial charge is 0.269 e. The topological polar surface area (TPSA) is 112 Å². The standard InChI is InChI=1S/C15H12N2O5/c1-9-2-7-13(12(8-9)15(19)20)16-14(18)10-3-5-11(6-4-10)17(21)22/h2-8H,1H3,(H,16,18)(H,19,20)/p-1. The van der Waals surface area contributed by atoms with Crippen LogP contribution in [0.5, 0.6) is 0 Å². The van der Waals surface area contributed by atoms with Gasteiger partial charge >= 0.3 is 0 Å². The fraction of sp³-hybridized carbons (Fsp3) is 0.0667. The molecule has 0 saturated heterocycles. The lowest BCUT2D eigenvalue weighted by Gasteiger charge is -2.12. The summed E-state index contributed by atoms with van der Waals surface area (Å²) in [5.41, 5.74) is 0.731. The van der Waals surface area contributed by atoms with Gasteiger partial charge in [0.25, 0.3) is 11.6 Å². The van der Waals surface area contributed by atoms with Crippen LogP contribution in [0.15, 0.2) is 42.5 Å². The Balaban J connectivity index is 2.25. The molecule has 0 aliphatic heterocycles. The highest BCUT2D eigenvalue weighted by Gasteiger charge is 2.12. The van der Waals surface area contributed by atoms with E-state index in [9.17, 15) is 24.8 Å². The van der Waals surface area contributed by atoms with Crippen LogP contribution in [0.1, 0.15) is 26.3 Å². The van der Waals surface area contributed by atoms with E-state index in [1.54, 1.807) is 13.0 Å². The van der Waals surface area contributed by atoms with Crippen molar-refractivity contribution in [1.82, 2.24) is 0 Å². The Morgan fingerprint density at radius 2 is 1.73 bits per heavy atom. The lowest BCUT2D eigenvalue weighted by molar-refractivity contribution is -0.384. The van der Waals surface area contributed by atoms with Crippen LogP contribution in [0.25, 0.3) is 0 Å². The van der Waals surface area contributed by atoms with Crippen molar-refractivity contribution >= 4 is 23.3 Å².